The van der Waals surface area contributed by atoms with Gasteiger partial charge in [-0.15, -0.1) is 0 Å². The summed E-state index contributed by atoms with van der Waals surface area (Å²) in [6.07, 6.45) is 2.23. The van der Waals surface area contributed by atoms with Gasteiger partial charge in [0.1, 0.15) is 0 Å². The van der Waals surface area contributed by atoms with Crippen molar-refractivity contribution in [3.8, 4) is 0 Å². The Morgan fingerprint density at radius 1 is 0.397 bits per heavy atom. The number of hydrogen-bond donors (Lipinski definition) is 0. The van der Waals surface area contributed by atoms with Crippen LogP contribution in [0.4, 0.5) is 51.2 Å². The zero-order valence-electron chi connectivity index (χ0n) is 43.2. The van der Waals surface area contributed by atoms with Gasteiger partial charge in [-0.05, 0) is 168 Å². The van der Waals surface area contributed by atoms with Gasteiger partial charge in [-0.2, -0.15) is 0 Å². The normalized spacial score (nSPS) is 17.8. The van der Waals surface area contributed by atoms with Crippen LogP contribution in [0.1, 0.15) is 143 Å². The molecule has 0 atom stereocenters. The zero-order valence-corrected chi connectivity index (χ0v) is 43.2. The highest BCUT2D eigenvalue weighted by Crippen LogP contribution is 2.55. The average Bonchev–Trinajstić information content (AvgIpc) is 3.59. The first-order chi connectivity index (χ1) is 31.9. The smallest absolute Gasteiger partial charge is 0.252 e. The summed E-state index contributed by atoms with van der Waals surface area (Å²) in [6, 6.07) is 56.5. The van der Waals surface area contributed by atoms with E-state index in [-0.39, 0.29) is 39.2 Å². The number of benzene rings is 7. The second-order valence-electron chi connectivity index (χ2n) is 25.4. The Balaban J connectivity index is 1.30. The van der Waals surface area contributed by atoms with Crippen LogP contribution in [0.5, 0.6) is 0 Å². The lowest BCUT2D eigenvalue weighted by atomic mass is 9.33. The van der Waals surface area contributed by atoms with Crippen molar-refractivity contribution in [2.45, 2.75) is 142 Å². The Kier molecular flexibility index (Phi) is 9.66. The lowest BCUT2D eigenvalue weighted by Gasteiger charge is -2.46. The molecule has 0 amide bonds. The predicted molar refractivity (Wildman–Crippen MR) is 294 cm³/mol. The van der Waals surface area contributed by atoms with Gasteiger partial charge in [0, 0.05) is 45.5 Å². The summed E-state index contributed by atoms with van der Waals surface area (Å²) in [5.74, 6) is 0. The van der Waals surface area contributed by atoms with Crippen molar-refractivity contribution in [1.82, 2.24) is 0 Å². The van der Waals surface area contributed by atoms with Crippen molar-refractivity contribution < 1.29 is 0 Å². The summed E-state index contributed by atoms with van der Waals surface area (Å²) in [4.78, 5) is 7.74. The van der Waals surface area contributed by atoms with Crippen molar-refractivity contribution in [1.29, 1.82) is 0 Å². The molecule has 2 aliphatic carbocycles. The highest BCUT2D eigenvalue weighted by atomic mass is 15.2. The molecule has 0 aromatic heterocycles. The highest BCUT2D eigenvalue weighted by Gasteiger charge is 2.49. The molecule has 0 N–H and O–H groups in total. The fourth-order valence-corrected chi connectivity index (χ4v) is 13.4. The molecular weight excluding hydrogens is 822 g/mol. The van der Waals surface area contributed by atoms with Crippen LogP contribution in [0, 0.1) is 0 Å². The molecule has 0 bridgehead atoms. The number of hydrogen-bond acceptors (Lipinski definition) is 3. The molecule has 7 aromatic carbocycles. The lowest BCUT2D eigenvalue weighted by molar-refractivity contribution is 0.403. The molecular formula is C64H70BN3. The minimum Gasteiger partial charge on any atom is -0.311 e. The minimum atomic E-state index is -0.0362. The molecule has 2 aliphatic heterocycles. The summed E-state index contributed by atoms with van der Waals surface area (Å²) >= 11 is 0. The van der Waals surface area contributed by atoms with Crippen LogP contribution < -0.4 is 31.1 Å². The Bertz CT molecular complexity index is 3100. The molecule has 3 nitrogen and oxygen atoms in total. The number of fused-ring (bicyclic) bond motifs is 6. The SMILES string of the molecule is CC(C)(C)c1ccc(N2c3ccc(C(C)(C)C)cc3B3c4cc5c(cc4N(c4ccc6c(c4)C(C)(C)CC6(C)C)c4cc(N(c6ccccc6)c6ccccc6)cc2c43)C(C)(C)CC5(C)C)cc1. The first-order valence-electron chi connectivity index (χ1n) is 25.2. The summed E-state index contributed by atoms with van der Waals surface area (Å²) in [6.45, 7) is 33.7. The Hall–Kier alpha value is -6.00. The van der Waals surface area contributed by atoms with Crippen LogP contribution in [0.25, 0.3) is 0 Å². The van der Waals surface area contributed by atoms with E-state index in [0.717, 1.165) is 29.9 Å². The molecule has 2 heterocycles. The van der Waals surface area contributed by atoms with Crippen molar-refractivity contribution in [2.24, 2.45) is 0 Å². The van der Waals surface area contributed by atoms with Crippen LogP contribution in [-0.2, 0) is 32.5 Å². The maximum Gasteiger partial charge on any atom is 0.252 e. The molecule has 11 rings (SSSR count). The third kappa shape index (κ3) is 6.90. The number of rotatable bonds is 5. The summed E-state index contributed by atoms with van der Waals surface area (Å²) in [5.41, 5.74) is 23.7. The van der Waals surface area contributed by atoms with E-state index >= 15 is 0 Å². The third-order valence-electron chi connectivity index (χ3n) is 16.3. The van der Waals surface area contributed by atoms with E-state index < -0.39 is 0 Å². The van der Waals surface area contributed by atoms with E-state index in [1.807, 2.05) is 0 Å². The van der Waals surface area contributed by atoms with E-state index in [0.29, 0.717) is 0 Å². The van der Waals surface area contributed by atoms with E-state index in [1.165, 1.54) is 83.9 Å². The Morgan fingerprint density at radius 3 is 1.40 bits per heavy atom. The van der Waals surface area contributed by atoms with Crippen molar-refractivity contribution >= 4 is 74.3 Å². The van der Waals surface area contributed by atoms with Gasteiger partial charge >= 0.3 is 0 Å². The summed E-state index contributed by atoms with van der Waals surface area (Å²) < 4.78 is 0. The second kappa shape index (κ2) is 14.8. The number of para-hydroxylation sites is 2. The quantitative estimate of drug-likeness (QED) is 0.159. The highest BCUT2D eigenvalue weighted by molar-refractivity contribution is 7.00. The molecule has 0 fully saturated rings. The standard InChI is InChI=1S/C64H70BN3/c1-59(2,3)41-25-28-45(29-26-41)67-54-32-27-42(60(4,5)6)33-52(54)65-53-37-50-51(64(13,14)40-63(50,11)12)38-55(53)68(46-30-31-48-49(34-46)62(9,10)39-61(48,7)8)57-36-47(35-56(67)58(57)65)66(43-21-17-15-18-22-43)44-23-19-16-20-24-44/h15-38H,39-40H2,1-14H3. The molecule has 344 valence electrons. The van der Waals surface area contributed by atoms with Crippen LogP contribution in [-0.4, -0.2) is 6.71 Å². The third-order valence-corrected chi connectivity index (χ3v) is 16.3. The fraction of sp³-hybridized carbons (Fsp3) is 0.344. The van der Waals surface area contributed by atoms with Gasteiger partial charge in [0.2, 0.25) is 0 Å². The number of nitrogens with zero attached hydrogens (tertiary/aromatic N) is 3. The van der Waals surface area contributed by atoms with Gasteiger partial charge < -0.3 is 14.7 Å². The van der Waals surface area contributed by atoms with Gasteiger partial charge in [0.25, 0.3) is 6.71 Å². The molecule has 0 radical (unpaired) electrons. The van der Waals surface area contributed by atoms with Gasteiger partial charge in [-0.1, -0.05) is 170 Å². The van der Waals surface area contributed by atoms with Gasteiger partial charge in [-0.3, -0.25) is 0 Å². The van der Waals surface area contributed by atoms with E-state index in [1.54, 1.807) is 0 Å². The maximum atomic E-state index is 2.69. The maximum absolute atomic E-state index is 2.69. The molecule has 0 unspecified atom stereocenters. The molecule has 0 saturated heterocycles. The molecule has 0 spiro atoms. The van der Waals surface area contributed by atoms with Crippen molar-refractivity contribution in [3.05, 3.63) is 179 Å². The predicted octanol–water partition coefficient (Wildman–Crippen LogP) is 15.8. The largest absolute Gasteiger partial charge is 0.311 e. The van der Waals surface area contributed by atoms with Crippen LogP contribution >= 0.6 is 0 Å². The van der Waals surface area contributed by atoms with E-state index in [9.17, 15) is 0 Å². The summed E-state index contributed by atoms with van der Waals surface area (Å²) in [7, 11) is 0. The Morgan fingerprint density at radius 2 is 0.853 bits per heavy atom. The van der Waals surface area contributed by atoms with Gasteiger partial charge in [-0.25, -0.2) is 0 Å². The van der Waals surface area contributed by atoms with E-state index in [4.69, 9.17) is 0 Å². The van der Waals surface area contributed by atoms with Gasteiger partial charge in [0.15, 0.2) is 0 Å². The minimum absolute atomic E-state index is 0.000729. The van der Waals surface area contributed by atoms with Gasteiger partial charge in [0.05, 0.1) is 5.69 Å². The number of anilines is 9. The summed E-state index contributed by atoms with van der Waals surface area (Å²) in [5, 5.41) is 0. The molecule has 4 aliphatic rings. The monoisotopic (exact) mass is 892 g/mol. The molecule has 4 heteroatoms. The first-order valence-corrected chi connectivity index (χ1v) is 25.2. The average molecular weight is 892 g/mol. The molecule has 68 heavy (non-hydrogen) atoms. The topological polar surface area (TPSA) is 9.72 Å². The van der Waals surface area contributed by atoms with Crippen LogP contribution in [0.15, 0.2) is 146 Å². The second-order valence-corrected chi connectivity index (χ2v) is 25.4. The van der Waals surface area contributed by atoms with Crippen LogP contribution in [0.2, 0.25) is 0 Å². The Labute approximate surface area is 408 Å². The fourth-order valence-electron chi connectivity index (χ4n) is 13.4. The molecule has 0 saturated carbocycles. The first kappa shape index (κ1) is 44.5. The van der Waals surface area contributed by atoms with Crippen molar-refractivity contribution in [3.63, 3.8) is 0 Å². The van der Waals surface area contributed by atoms with Crippen LogP contribution in [0.3, 0.4) is 0 Å². The van der Waals surface area contributed by atoms with E-state index in [2.05, 4.69) is 257 Å². The zero-order chi connectivity index (χ0) is 48.1. The molecule has 7 aromatic rings. The lowest BCUT2D eigenvalue weighted by Crippen LogP contribution is -2.61. The van der Waals surface area contributed by atoms with Crippen molar-refractivity contribution in [2.75, 3.05) is 14.7 Å².